The first-order valence-corrected chi connectivity index (χ1v) is 8.70. The molecule has 4 aromatic rings. The van der Waals surface area contributed by atoms with E-state index in [1.165, 1.54) is 0 Å². The van der Waals surface area contributed by atoms with Crippen LogP contribution in [0.5, 0.6) is 17.2 Å². The average molecular weight is 360 g/mol. The Hall–Kier alpha value is -3.54. The van der Waals surface area contributed by atoms with Crippen LogP contribution < -0.4 is 9.47 Å². The molecule has 2 N–H and O–H groups in total. The Bertz CT molecular complexity index is 995. The second-order valence-corrected chi connectivity index (χ2v) is 6.15. The second-order valence-electron chi connectivity index (χ2n) is 6.15. The Morgan fingerprint density at radius 1 is 0.852 bits per heavy atom. The van der Waals surface area contributed by atoms with Crippen LogP contribution in [0.1, 0.15) is 22.8 Å². The lowest BCUT2D eigenvalue weighted by atomic mass is 10.1. The number of nitrogens with one attached hydrogen (secondary N) is 2. The monoisotopic (exact) mass is 360 g/mol. The summed E-state index contributed by atoms with van der Waals surface area (Å²) in [6, 6.07) is 13.8. The highest BCUT2D eigenvalue weighted by Crippen LogP contribution is 2.30. The third-order valence-electron chi connectivity index (χ3n) is 4.23. The van der Waals surface area contributed by atoms with Crippen molar-refractivity contribution in [3.8, 4) is 17.2 Å². The number of H-pyrrole nitrogens is 2. The number of ether oxygens (including phenoxy) is 2. The number of imidazole rings is 2. The quantitative estimate of drug-likeness (QED) is 0.520. The molecule has 0 radical (unpaired) electrons. The maximum atomic E-state index is 6.19. The molecule has 0 amide bonds. The lowest BCUT2D eigenvalue weighted by molar-refractivity contribution is 0.411. The SMILES string of the molecule is COc1ccc(Oc2cccc(Cc3ncc[nH]3)c2)c(Cc2ncc[nH]2)c1. The molecule has 6 heteroatoms. The zero-order chi connectivity index (χ0) is 18.5. The average Bonchev–Trinajstić information content (AvgIpc) is 3.38. The highest BCUT2D eigenvalue weighted by molar-refractivity contribution is 5.44. The second kappa shape index (κ2) is 7.78. The molecule has 0 fully saturated rings. The van der Waals surface area contributed by atoms with Crippen molar-refractivity contribution in [2.75, 3.05) is 7.11 Å². The third kappa shape index (κ3) is 4.17. The van der Waals surface area contributed by atoms with Crippen molar-refractivity contribution in [3.63, 3.8) is 0 Å². The van der Waals surface area contributed by atoms with Gasteiger partial charge in [0.1, 0.15) is 28.9 Å². The van der Waals surface area contributed by atoms with Gasteiger partial charge in [-0.3, -0.25) is 0 Å². The minimum atomic E-state index is 0.631. The molecule has 2 heterocycles. The first-order valence-electron chi connectivity index (χ1n) is 8.70. The molecule has 0 bridgehead atoms. The molecule has 0 saturated carbocycles. The fourth-order valence-corrected chi connectivity index (χ4v) is 2.93. The summed E-state index contributed by atoms with van der Waals surface area (Å²) < 4.78 is 11.6. The molecule has 0 spiro atoms. The van der Waals surface area contributed by atoms with Gasteiger partial charge in [0.2, 0.25) is 0 Å². The highest BCUT2D eigenvalue weighted by Gasteiger charge is 2.10. The van der Waals surface area contributed by atoms with E-state index in [0.717, 1.165) is 46.4 Å². The van der Waals surface area contributed by atoms with Gasteiger partial charge in [0, 0.05) is 43.2 Å². The summed E-state index contributed by atoms with van der Waals surface area (Å²) >= 11 is 0. The van der Waals surface area contributed by atoms with Gasteiger partial charge in [-0.25, -0.2) is 9.97 Å². The molecule has 0 aliphatic carbocycles. The van der Waals surface area contributed by atoms with Crippen molar-refractivity contribution in [2.24, 2.45) is 0 Å². The van der Waals surface area contributed by atoms with Crippen molar-refractivity contribution in [3.05, 3.63) is 90.0 Å². The Morgan fingerprint density at radius 2 is 1.63 bits per heavy atom. The number of rotatable bonds is 7. The predicted octanol–water partition coefficient (Wildman–Crippen LogP) is 4.12. The van der Waals surface area contributed by atoms with Crippen LogP contribution in [0.4, 0.5) is 0 Å². The van der Waals surface area contributed by atoms with Gasteiger partial charge >= 0.3 is 0 Å². The Balaban J connectivity index is 1.58. The van der Waals surface area contributed by atoms with Crippen molar-refractivity contribution < 1.29 is 9.47 Å². The summed E-state index contributed by atoms with van der Waals surface area (Å²) in [6.07, 6.45) is 8.50. The van der Waals surface area contributed by atoms with E-state index in [9.17, 15) is 0 Å². The summed E-state index contributed by atoms with van der Waals surface area (Å²) in [5.41, 5.74) is 2.13. The molecule has 0 saturated heterocycles. The fourth-order valence-electron chi connectivity index (χ4n) is 2.93. The first kappa shape index (κ1) is 16.9. The lowest BCUT2D eigenvalue weighted by Gasteiger charge is -2.13. The molecule has 2 aromatic heterocycles. The maximum Gasteiger partial charge on any atom is 0.131 e. The summed E-state index contributed by atoms with van der Waals surface area (Å²) in [5.74, 6) is 4.15. The Labute approximate surface area is 157 Å². The van der Waals surface area contributed by atoms with Gasteiger partial charge in [0.15, 0.2) is 0 Å². The van der Waals surface area contributed by atoms with Crippen LogP contribution >= 0.6 is 0 Å². The van der Waals surface area contributed by atoms with E-state index in [1.807, 2.05) is 48.8 Å². The van der Waals surface area contributed by atoms with Crippen LogP contribution in [0.15, 0.2) is 67.3 Å². The van der Waals surface area contributed by atoms with Gasteiger partial charge in [-0.2, -0.15) is 0 Å². The van der Waals surface area contributed by atoms with Crippen LogP contribution in [-0.2, 0) is 12.8 Å². The van der Waals surface area contributed by atoms with Gasteiger partial charge in [-0.15, -0.1) is 0 Å². The first-order chi connectivity index (χ1) is 13.3. The van der Waals surface area contributed by atoms with Gasteiger partial charge in [0.25, 0.3) is 0 Å². The van der Waals surface area contributed by atoms with Gasteiger partial charge < -0.3 is 19.4 Å². The minimum Gasteiger partial charge on any atom is -0.497 e. The number of nitrogens with zero attached hydrogens (tertiary/aromatic N) is 2. The van der Waals surface area contributed by atoms with E-state index >= 15 is 0 Å². The summed E-state index contributed by atoms with van der Waals surface area (Å²) in [5, 5.41) is 0. The fraction of sp³-hybridized carbons (Fsp3) is 0.143. The Morgan fingerprint density at radius 3 is 2.33 bits per heavy atom. The number of aromatic nitrogens is 4. The topological polar surface area (TPSA) is 75.8 Å². The van der Waals surface area contributed by atoms with Crippen LogP contribution in [-0.4, -0.2) is 27.0 Å². The molecule has 136 valence electrons. The largest absolute Gasteiger partial charge is 0.497 e. The molecule has 0 atom stereocenters. The van der Waals surface area contributed by atoms with Crippen LogP contribution in [0.3, 0.4) is 0 Å². The van der Waals surface area contributed by atoms with Crippen molar-refractivity contribution in [2.45, 2.75) is 12.8 Å². The molecule has 0 aliphatic rings. The minimum absolute atomic E-state index is 0.631. The smallest absolute Gasteiger partial charge is 0.131 e. The van der Waals surface area contributed by atoms with Crippen molar-refractivity contribution in [1.82, 2.24) is 19.9 Å². The Kier molecular flexibility index (Phi) is 4.87. The van der Waals surface area contributed by atoms with Gasteiger partial charge in [-0.05, 0) is 35.9 Å². The normalized spacial score (nSPS) is 10.7. The van der Waals surface area contributed by atoms with Crippen LogP contribution in [0.25, 0.3) is 0 Å². The third-order valence-corrected chi connectivity index (χ3v) is 4.23. The molecule has 2 aromatic carbocycles. The summed E-state index contributed by atoms with van der Waals surface area (Å²) in [7, 11) is 1.66. The highest BCUT2D eigenvalue weighted by atomic mass is 16.5. The zero-order valence-corrected chi connectivity index (χ0v) is 15.0. The molecular weight excluding hydrogens is 340 g/mol. The number of aromatic amines is 2. The van der Waals surface area contributed by atoms with E-state index in [2.05, 4.69) is 26.0 Å². The molecule has 4 rings (SSSR count). The van der Waals surface area contributed by atoms with E-state index in [0.29, 0.717) is 6.42 Å². The number of methoxy groups -OCH3 is 1. The van der Waals surface area contributed by atoms with E-state index in [-0.39, 0.29) is 0 Å². The van der Waals surface area contributed by atoms with Gasteiger partial charge in [-0.1, -0.05) is 12.1 Å². The lowest BCUT2D eigenvalue weighted by Crippen LogP contribution is -1.97. The molecular formula is C21H20N4O2. The zero-order valence-electron chi connectivity index (χ0n) is 15.0. The molecule has 27 heavy (non-hydrogen) atoms. The van der Waals surface area contributed by atoms with E-state index in [4.69, 9.17) is 9.47 Å². The van der Waals surface area contributed by atoms with Crippen molar-refractivity contribution in [1.29, 1.82) is 0 Å². The van der Waals surface area contributed by atoms with E-state index < -0.39 is 0 Å². The summed E-state index contributed by atoms with van der Waals surface area (Å²) in [4.78, 5) is 14.8. The predicted molar refractivity (Wildman–Crippen MR) is 102 cm³/mol. The van der Waals surface area contributed by atoms with Gasteiger partial charge in [0.05, 0.1) is 7.11 Å². The van der Waals surface area contributed by atoms with E-state index in [1.54, 1.807) is 19.5 Å². The number of hydrogen-bond donors (Lipinski definition) is 2. The summed E-state index contributed by atoms with van der Waals surface area (Å²) in [6.45, 7) is 0. The molecule has 6 nitrogen and oxygen atoms in total. The standard InChI is InChI=1S/C21H20N4O2/c1-26-17-5-6-19(16(13-17)14-21-24-9-10-25-21)27-18-4-2-3-15(11-18)12-20-22-7-8-23-20/h2-11,13H,12,14H2,1H3,(H,22,23)(H,24,25). The van der Waals surface area contributed by atoms with Crippen LogP contribution in [0.2, 0.25) is 0 Å². The number of benzene rings is 2. The van der Waals surface area contributed by atoms with Crippen LogP contribution in [0, 0.1) is 0 Å². The molecule has 0 aliphatic heterocycles. The maximum absolute atomic E-state index is 6.19. The molecule has 0 unspecified atom stereocenters. The van der Waals surface area contributed by atoms with Crippen molar-refractivity contribution >= 4 is 0 Å². The number of hydrogen-bond acceptors (Lipinski definition) is 4.